The molecule has 0 N–H and O–H groups in total. The highest BCUT2D eigenvalue weighted by atomic mass is 16.8. The van der Waals surface area contributed by atoms with Crippen molar-refractivity contribution in [2.45, 2.75) is 39.1 Å². The summed E-state index contributed by atoms with van der Waals surface area (Å²) in [6, 6.07) is 9.66. The SMILES string of the molecule is CCOC(=O)[C@H]1C(COC(C)COC)=NO[C@@H](OCC)[C@@H]1c1ccccc1. The Bertz CT molecular complexity index is 606. The summed E-state index contributed by atoms with van der Waals surface area (Å²) in [6.45, 7) is 6.87. The van der Waals surface area contributed by atoms with Gasteiger partial charge in [0.25, 0.3) is 0 Å². The molecule has 0 bridgehead atoms. The van der Waals surface area contributed by atoms with Gasteiger partial charge in [-0.25, -0.2) is 0 Å². The Hall–Kier alpha value is -1.96. The highest BCUT2D eigenvalue weighted by molar-refractivity contribution is 6.04. The molecule has 0 spiro atoms. The van der Waals surface area contributed by atoms with Crippen molar-refractivity contribution in [2.75, 3.05) is 33.5 Å². The Morgan fingerprint density at radius 1 is 1.22 bits per heavy atom. The van der Waals surface area contributed by atoms with Gasteiger partial charge in [-0.3, -0.25) is 4.79 Å². The van der Waals surface area contributed by atoms with E-state index >= 15 is 0 Å². The standard InChI is InChI=1S/C20H29NO6/c1-5-24-19(22)18-16(13-26-14(3)12-23-4)21-27-20(25-6-2)17(18)15-10-8-7-9-11-15/h7-11,14,17-18,20H,5-6,12-13H2,1-4H3/t14?,17-,18+,20-/m1/s1. The van der Waals surface area contributed by atoms with Crippen LogP contribution >= 0.6 is 0 Å². The lowest BCUT2D eigenvalue weighted by molar-refractivity contribution is -0.178. The number of hydrogen-bond acceptors (Lipinski definition) is 7. The van der Waals surface area contributed by atoms with Crippen LogP contribution in [0.4, 0.5) is 0 Å². The first-order valence-corrected chi connectivity index (χ1v) is 9.28. The summed E-state index contributed by atoms with van der Waals surface area (Å²) in [4.78, 5) is 18.4. The maximum Gasteiger partial charge on any atom is 0.315 e. The van der Waals surface area contributed by atoms with Crippen LogP contribution in [-0.2, 0) is 28.6 Å². The van der Waals surface area contributed by atoms with Gasteiger partial charge in [0.1, 0.15) is 5.92 Å². The number of methoxy groups -OCH3 is 1. The van der Waals surface area contributed by atoms with Crippen LogP contribution in [-0.4, -0.2) is 57.6 Å². The van der Waals surface area contributed by atoms with Gasteiger partial charge >= 0.3 is 5.97 Å². The predicted octanol–water partition coefficient (Wildman–Crippen LogP) is 2.75. The molecule has 1 aromatic carbocycles. The van der Waals surface area contributed by atoms with Crippen LogP contribution in [0.2, 0.25) is 0 Å². The average molecular weight is 379 g/mol. The van der Waals surface area contributed by atoms with Gasteiger partial charge < -0.3 is 23.8 Å². The highest BCUT2D eigenvalue weighted by Gasteiger charge is 2.45. The molecule has 4 atom stereocenters. The third kappa shape index (κ3) is 5.76. The zero-order valence-electron chi connectivity index (χ0n) is 16.4. The fraction of sp³-hybridized carbons (Fsp3) is 0.600. The van der Waals surface area contributed by atoms with E-state index in [0.29, 0.717) is 18.9 Å². The average Bonchev–Trinajstić information content (AvgIpc) is 2.68. The molecule has 0 saturated heterocycles. The quantitative estimate of drug-likeness (QED) is 0.582. The molecule has 0 fully saturated rings. The van der Waals surface area contributed by atoms with Crippen molar-refractivity contribution in [3.8, 4) is 0 Å². The summed E-state index contributed by atoms with van der Waals surface area (Å²) in [6.07, 6.45) is -0.813. The van der Waals surface area contributed by atoms with Crippen molar-refractivity contribution in [3.05, 3.63) is 35.9 Å². The Labute approximate surface area is 160 Å². The van der Waals surface area contributed by atoms with Crippen LogP contribution in [0.3, 0.4) is 0 Å². The monoisotopic (exact) mass is 379 g/mol. The van der Waals surface area contributed by atoms with E-state index in [4.69, 9.17) is 23.8 Å². The minimum atomic E-state index is -0.674. The van der Waals surface area contributed by atoms with E-state index in [1.165, 1.54) is 0 Å². The van der Waals surface area contributed by atoms with Crippen LogP contribution < -0.4 is 0 Å². The number of rotatable bonds is 10. The van der Waals surface area contributed by atoms with E-state index in [2.05, 4.69) is 5.16 Å². The van der Waals surface area contributed by atoms with Gasteiger partial charge in [0.2, 0.25) is 6.29 Å². The molecule has 0 saturated carbocycles. The van der Waals surface area contributed by atoms with Crippen molar-refractivity contribution in [1.82, 2.24) is 0 Å². The molecule has 1 unspecified atom stereocenters. The van der Waals surface area contributed by atoms with Crippen molar-refractivity contribution in [1.29, 1.82) is 0 Å². The summed E-state index contributed by atoms with van der Waals surface area (Å²) in [5, 5.41) is 4.15. The number of esters is 1. The molecule has 150 valence electrons. The van der Waals surface area contributed by atoms with Crippen molar-refractivity contribution in [2.24, 2.45) is 11.1 Å². The normalized spacial score (nSPS) is 23.3. The number of oxime groups is 1. The van der Waals surface area contributed by atoms with Gasteiger partial charge in [-0.1, -0.05) is 35.5 Å². The van der Waals surface area contributed by atoms with Gasteiger partial charge in [-0.05, 0) is 26.3 Å². The van der Waals surface area contributed by atoms with E-state index < -0.39 is 12.2 Å². The minimum Gasteiger partial charge on any atom is -0.465 e. The first kappa shape index (κ1) is 21.3. The summed E-state index contributed by atoms with van der Waals surface area (Å²) in [5.41, 5.74) is 1.41. The lowest BCUT2D eigenvalue weighted by Crippen LogP contribution is -2.44. The predicted molar refractivity (Wildman–Crippen MR) is 101 cm³/mol. The van der Waals surface area contributed by atoms with Crippen LogP contribution in [0.25, 0.3) is 0 Å². The van der Waals surface area contributed by atoms with E-state index in [-0.39, 0.29) is 31.2 Å². The molecule has 2 rings (SSSR count). The number of hydrogen-bond donors (Lipinski definition) is 0. The molecule has 0 aromatic heterocycles. The summed E-state index contributed by atoms with van der Waals surface area (Å²) in [5.74, 6) is -1.38. The third-order valence-corrected chi connectivity index (χ3v) is 4.26. The second kappa shape index (κ2) is 11.0. The van der Waals surface area contributed by atoms with E-state index in [9.17, 15) is 4.79 Å². The molecule has 0 amide bonds. The first-order valence-electron chi connectivity index (χ1n) is 9.28. The topological polar surface area (TPSA) is 75.6 Å². The largest absolute Gasteiger partial charge is 0.465 e. The second-order valence-electron chi connectivity index (χ2n) is 6.25. The van der Waals surface area contributed by atoms with Gasteiger partial charge in [0, 0.05) is 13.7 Å². The zero-order chi connectivity index (χ0) is 19.6. The Kier molecular flexibility index (Phi) is 8.71. The number of ether oxygens (including phenoxy) is 4. The molecule has 27 heavy (non-hydrogen) atoms. The van der Waals surface area contributed by atoms with Crippen molar-refractivity contribution < 1.29 is 28.6 Å². The third-order valence-electron chi connectivity index (χ3n) is 4.26. The van der Waals surface area contributed by atoms with Crippen LogP contribution in [0, 0.1) is 5.92 Å². The zero-order valence-corrected chi connectivity index (χ0v) is 16.4. The van der Waals surface area contributed by atoms with Crippen molar-refractivity contribution >= 4 is 11.7 Å². The maximum atomic E-state index is 12.8. The lowest BCUT2D eigenvalue weighted by Gasteiger charge is -2.35. The molecule has 0 aliphatic carbocycles. The van der Waals surface area contributed by atoms with Crippen LogP contribution in [0.1, 0.15) is 32.3 Å². The summed E-state index contributed by atoms with van der Waals surface area (Å²) < 4.78 is 21.9. The number of carbonyl (C=O) groups excluding carboxylic acids is 1. The number of carbonyl (C=O) groups is 1. The summed E-state index contributed by atoms with van der Waals surface area (Å²) >= 11 is 0. The number of nitrogens with zero attached hydrogens (tertiary/aromatic N) is 1. The minimum absolute atomic E-state index is 0.139. The molecule has 1 aliphatic rings. The van der Waals surface area contributed by atoms with E-state index in [0.717, 1.165) is 5.56 Å². The fourth-order valence-electron chi connectivity index (χ4n) is 3.07. The smallest absolute Gasteiger partial charge is 0.315 e. The van der Waals surface area contributed by atoms with Crippen LogP contribution in [0.15, 0.2) is 35.5 Å². The lowest BCUT2D eigenvalue weighted by atomic mass is 9.81. The molecular weight excluding hydrogens is 350 g/mol. The molecule has 7 nitrogen and oxygen atoms in total. The molecule has 7 heteroatoms. The van der Waals surface area contributed by atoms with Crippen molar-refractivity contribution in [3.63, 3.8) is 0 Å². The Morgan fingerprint density at radius 2 is 1.96 bits per heavy atom. The van der Waals surface area contributed by atoms with Crippen LogP contribution in [0.5, 0.6) is 0 Å². The number of benzene rings is 1. The Morgan fingerprint density at radius 3 is 2.59 bits per heavy atom. The van der Waals surface area contributed by atoms with E-state index in [1.54, 1.807) is 14.0 Å². The van der Waals surface area contributed by atoms with E-state index in [1.807, 2.05) is 44.2 Å². The Balaban J connectivity index is 2.32. The highest BCUT2D eigenvalue weighted by Crippen LogP contribution is 2.36. The molecule has 1 aliphatic heterocycles. The molecular formula is C20H29NO6. The first-order chi connectivity index (χ1) is 13.1. The van der Waals surface area contributed by atoms with Gasteiger partial charge in [-0.15, -0.1) is 0 Å². The van der Waals surface area contributed by atoms with Gasteiger partial charge in [-0.2, -0.15) is 0 Å². The molecule has 0 radical (unpaired) electrons. The summed E-state index contributed by atoms with van der Waals surface area (Å²) in [7, 11) is 1.61. The fourth-order valence-corrected chi connectivity index (χ4v) is 3.07. The molecule has 1 heterocycles. The van der Waals surface area contributed by atoms with Gasteiger partial charge in [0.15, 0.2) is 0 Å². The second-order valence-corrected chi connectivity index (χ2v) is 6.25. The van der Waals surface area contributed by atoms with Gasteiger partial charge in [0.05, 0.1) is 37.6 Å². The maximum absolute atomic E-state index is 12.8. The molecule has 1 aromatic rings.